The van der Waals surface area contributed by atoms with Gasteiger partial charge < -0.3 is 0 Å². The molecular weight excluding hydrogens is 364 g/mol. The highest BCUT2D eigenvalue weighted by atomic mass is 127. The lowest BCUT2D eigenvalue weighted by Crippen LogP contribution is -1.87. The summed E-state index contributed by atoms with van der Waals surface area (Å²) in [5.74, 6) is 0. The van der Waals surface area contributed by atoms with Crippen LogP contribution in [0, 0.1) is 25.4 Å². The van der Waals surface area contributed by atoms with E-state index in [2.05, 4.69) is 57.3 Å². The summed E-state index contributed by atoms with van der Waals surface area (Å²) < 4.78 is 2.20. The van der Waals surface area contributed by atoms with Gasteiger partial charge in [-0.2, -0.15) is 5.26 Å². The van der Waals surface area contributed by atoms with Crippen LogP contribution in [0.2, 0.25) is 0 Å². The van der Waals surface area contributed by atoms with E-state index in [0.29, 0.717) is 0 Å². The highest BCUT2D eigenvalue weighted by Gasteiger charge is 2.02. The zero-order valence-electron chi connectivity index (χ0n) is 5.86. The average Bonchev–Trinajstić information content (AvgIpc) is 1.96. The number of aryl methyl sites for hydroxylation is 1. The van der Waals surface area contributed by atoms with E-state index in [4.69, 9.17) is 5.26 Å². The Morgan fingerprint density at radius 1 is 1.36 bits per heavy atom. The van der Waals surface area contributed by atoms with Crippen molar-refractivity contribution in [1.82, 2.24) is 0 Å². The molecule has 0 atom stereocenters. The third-order valence-electron chi connectivity index (χ3n) is 1.29. The van der Waals surface area contributed by atoms with Crippen LogP contribution in [0.5, 0.6) is 0 Å². The van der Waals surface area contributed by atoms with Crippen molar-refractivity contribution in [3.63, 3.8) is 0 Å². The maximum Gasteiger partial charge on any atom is 0.100 e. The Kier molecular flexibility index (Phi) is 3.13. The van der Waals surface area contributed by atoms with E-state index in [1.165, 1.54) is 0 Å². The summed E-state index contributed by atoms with van der Waals surface area (Å²) in [7, 11) is 0. The molecule has 1 nitrogen and oxygen atoms in total. The average molecular weight is 369 g/mol. The molecular formula is C8H5I2N. The Morgan fingerprint density at radius 3 is 2.55 bits per heavy atom. The predicted molar refractivity (Wildman–Crippen MR) is 61.3 cm³/mol. The fourth-order valence-electron chi connectivity index (χ4n) is 0.806. The van der Waals surface area contributed by atoms with Gasteiger partial charge in [0.2, 0.25) is 0 Å². The van der Waals surface area contributed by atoms with Crippen LogP contribution in [-0.2, 0) is 0 Å². The van der Waals surface area contributed by atoms with Crippen LogP contribution in [0.3, 0.4) is 0 Å². The highest BCUT2D eigenvalue weighted by Crippen LogP contribution is 2.20. The lowest BCUT2D eigenvalue weighted by Gasteiger charge is -1.99. The van der Waals surface area contributed by atoms with Crippen LogP contribution in [0.25, 0.3) is 0 Å². The molecule has 0 N–H and O–H groups in total. The standard InChI is InChI=1S/C8H5I2N/c1-5-2-6(4-11)8(10)7(9)3-5/h2-3H,1H3. The smallest absolute Gasteiger partial charge is 0.100 e. The molecule has 0 aromatic heterocycles. The molecule has 0 aliphatic heterocycles. The van der Waals surface area contributed by atoms with Gasteiger partial charge in [0.15, 0.2) is 0 Å². The summed E-state index contributed by atoms with van der Waals surface area (Å²) in [6.07, 6.45) is 0. The van der Waals surface area contributed by atoms with E-state index < -0.39 is 0 Å². The topological polar surface area (TPSA) is 23.8 Å². The molecule has 0 radical (unpaired) electrons. The Hall–Kier alpha value is 0.170. The first-order valence-electron chi connectivity index (χ1n) is 3.01. The number of benzene rings is 1. The van der Waals surface area contributed by atoms with Gasteiger partial charge in [0.25, 0.3) is 0 Å². The minimum absolute atomic E-state index is 0.773. The largest absolute Gasteiger partial charge is 0.192 e. The molecule has 1 aromatic carbocycles. The molecule has 0 heterocycles. The minimum Gasteiger partial charge on any atom is -0.192 e. The van der Waals surface area contributed by atoms with Crippen molar-refractivity contribution in [3.05, 3.63) is 30.4 Å². The van der Waals surface area contributed by atoms with Crippen LogP contribution < -0.4 is 0 Å². The first-order valence-corrected chi connectivity index (χ1v) is 5.16. The third kappa shape index (κ3) is 2.06. The number of halogens is 2. The maximum absolute atomic E-state index is 8.71. The number of nitriles is 1. The normalized spacial score (nSPS) is 9.27. The molecule has 0 bridgehead atoms. The van der Waals surface area contributed by atoms with Crippen LogP contribution in [0.15, 0.2) is 12.1 Å². The molecule has 0 amide bonds. The van der Waals surface area contributed by atoms with Gasteiger partial charge in [-0.3, -0.25) is 0 Å². The van der Waals surface area contributed by atoms with Gasteiger partial charge in [0.05, 0.1) is 5.56 Å². The Labute approximate surface area is 93.1 Å². The van der Waals surface area contributed by atoms with Gasteiger partial charge in [-0.05, 0) is 69.8 Å². The van der Waals surface area contributed by atoms with Gasteiger partial charge in [-0.1, -0.05) is 0 Å². The third-order valence-corrected chi connectivity index (χ3v) is 4.34. The lowest BCUT2D eigenvalue weighted by atomic mass is 10.2. The number of nitrogens with zero attached hydrogens (tertiary/aromatic N) is 1. The van der Waals surface area contributed by atoms with Crippen molar-refractivity contribution < 1.29 is 0 Å². The second-order valence-corrected chi connectivity index (χ2v) is 4.46. The van der Waals surface area contributed by atoms with E-state index in [0.717, 1.165) is 18.3 Å². The summed E-state index contributed by atoms with van der Waals surface area (Å²) in [6.45, 7) is 2.00. The first-order chi connectivity index (χ1) is 5.15. The fraction of sp³-hybridized carbons (Fsp3) is 0.125. The van der Waals surface area contributed by atoms with Crippen molar-refractivity contribution in [2.24, 2.45) is 0 Å². The minimum atomic E-state index is 0.773. The van der Waals surface area contributed by atoms with Crippen LogP contribution in [-0.4, -0.2) is 0 Å². The Bertz CT molecular complexity index is 326. The molecule has 0 saturated heterocycles. The predicted octanol–water partition coefficient (Wildman–Crippen LogP) is 3.08. The molecule has 1 rings (SSSR count). The van der Waals surface area contributed by atoms with Gasteiger partial charge >= 0.3 is 0 Å². The zero-order valence-corrected chi connectivity index (χ0v) is 10.2. The van der Waals surface area contributed by atoms with Crippen molar-refractivity contribution in [1.29, 1.82) is 5.26 Å². The summed E-state index contributed by atoms with van der Waals surface area (Å²) in [5, 5.41) is 8.71. The Morgan fingerprint density at radius 2 is 2.00 bits per heavy atom. The van der Waals surface area contributed by atoms with Crippen molar-refractivity contribution in [2.45, 2.75) is 6.92 Å². The summed E-state index contributed by atoms with van der Waals surface area (Å²) in [5.41, 5.74) is 1.92. The second kappa shape index (κ2) is 3.72. The second-order valence-electron chi connectivity index (χ2n) is 2.22. The van der Waals surface area contributed by atoms with Gasteiger partial charge in [0.1, 0.15) is 6.07 Å². The lowest BCUT2D eigenvalue weighted by molar-refractivity contribution is 1.38. The molecule has 0 unspecified atom stereocenters. The number of rotatable bonds is 0. The van der Waals surface area contributed by atoms with Gasteiger partial charge in [-0.15, -0.1) is 0 Å². The number of hydrogen-bond acceptors (Lipinski definition) is 1. The summed E-state index contributed by atoms with van der Waals surface area (Å²) in [4.78, 5) is 0. The van der Waals surface area contributed by atoms with E-state index >= 15 is 0 Å². The molecule has 0 aliphatic rings. The molecule has 1 aromatic rings. The van der Waals surface area contributed by atoms with E-state index in [1.54, 1.807) is 0 Å². The van der Waals surface area contributed by atoms with Gasteiger partial charge in [0, 0.05) is 7.14 Å². The Balaban J connectivity index is 3.39. The van der Waals surface area contributed by atoms with E-state index in [-0.39, 0.29) is 0 Å². The molecule has 0 saturated carbocycles. The van der Waals surface area contributed by atoms with Crippen LogP contribution >= 0.6 is 45.2 Å². The van der Waals surface area contributed by atoms with Crippen molar-refractivity contribution in [3.8, 4) is 6.07 Å². The highest BCUT2D eigenvalue weighted by molar-refractivity contribution is 14.1. The van der Waals surface area contributed by atoms with E-state index in [1.807, 2.05) is 13.0 Å². The fourth-order valence-corrected chi connectivity index (χ4v) is 2.02. The molecule has 0 aliphatic carbocycles. The first kappa shape index (κ1) is 9.26. The number of hydrogen-bond donors (Lipinski definition) is 0. The zero-order chi connectivity index (χ0) is 8.43. The maximum atomic E-state index is 8.71. The molecule has 11 heavy (non-hydrogen) atoms. The summed E-state index contributed by atoms with van der Waals surface area (Å²) in [6, 6.07) is 6.14. The quantitative estimate of drug-likeness (QED) is 0.645. The van der Waals surface area contributed by atoms with Crippen LogP contribution in [0.4, 0.5) is 0 Å². The monoisotopic (exact) mass is 369 g/mol. The SMILES string of the molecule is Cc1cc(I)c(I)c(C#N)c1. The molecule has 0 fully saturated rings. The molecule has 3 heteroatoms. The van der Waals surface area contributed by atoms with Crippen molar-refractivity contribution in [2.75, 3.05) is 0 Å². The summed E-state index contributed by atoms with van der Waals surface area (Å²) >= 11 is 4.43. The van der Waals surface area contributed by atoms with E-state index in [9.17, 15) is 0 Å². The van der Waals surface area contributed by atoms with Crippen LogP contribution in [0.1, 0.15) is 11.1 Å². The molecule has 56 valence electrons. The molecule has 0 spiro atoms. The van der Waals surface area contributed by atoms with Gasteiger partial charge in [-0.25, -0.2) is 0 Å². The van der Waals surface area contributed by atoms with Crippen molar-refractivity contribution >= 4 is 45.2 Å².